The van der Waals surface area contributed by atoms with E-state index in [9.17, 15) is 9.59 Å². The Morgan fingerprint density at radius 2 is 1.75 bits per heavy atom. The van der Waals surface area contributed by atoms with Gasteiger partial charge in [0.15, 0.2) is 5.78 Å². The summed E-state index contributed by atoms with van der Waals surface area (Å²) in [7, 11) is 3.05. The van der Waals surface area contributed by atoms with Crippen molar-refractivity contribution >= 4 is 17.8 Å². The topological polar surface area (TPSA) is 72.8 Å². The Hall–Kier alpha value is -3.08. The van der Waals surface area contributed by atoms with Crippen LogP contribution in [0, 0.1) is 0 Å². The molecule has 5 heteroatoms. The molecule has 5 nitrogen and oxygen atoms in total. The summed E-state index contributed by atoms with van der Waals surface area (Å²) in [6, 6.07) is 12.1. The number of carbonyl (C=O) groups excluding carboxylic acids is 1. The van der Waals surface area contributed by atoms with Crippen LogP contribution >= 0.6 is 0 Å². The van der Waals surface area contributed by atoms with Crippen LogP contribution in [0.15, 0.2) is 48.5 Å². The number of hydrogen-bond donors (Lipinski definition) is 1. The molecule has 0 amide bonds. The lowest BCUT2D eigenvalue weighted by Gasteiger charge is -2.08. The lowest BCUT2D eigenvalue weighted by atomic mass is 10.0. The zero-order chi connectivity index (χ0) is 17.5. The van der Waals surface area contributed by atoms with E-state index in [0.29, 0.717) is 16.9 Å². The first-order chi connectivity index (χ1) is 11.5. The maximum atomic E-state index is 12.3. The first-order valence-electron chi connectivity index (χ1n) is 7.28. The molecule has 0 unspecified atom stereocenters. The minimum atomic E-state index is -0.980. The molecule has 0 radical (unpaired) electrons. The number of carbonyl (C=O) groups is 2. The molecule has 2 aromatic carbocycles. The van der Waals surface area contributed by atoms with Gasteiger partial charge in [-0.15, -0.1) is 0 Å². The van der Waals surface area contributed by atoms with E-state index in [1.807, 2.05) is 24.3 Å². The summed E-state index contributed by atoms with van der Waals surface area (Å²) in [4.78, 5) is 23.2. The first-order valence-corrected chi connectivity index (χ1v) is 7.28. The lowest BCUT2D eigenvalue weighted by molar-refractivity contribution is -0.136. The number of carboxylic acids is 1. The van der Waals surface area contributed by atoms with E-state index in [0.717, 1.165) is 11.3 Å². The monoisotopic (exact) mass is 326 g/mol. The van der Waals surface area contributed by atoms with Gasteiger partial charge in [0, 0.05) is 11.1 Å². The molecule has 2 rings (SSSR count). The SMILES string of the molecule is COc1ccc(/C=C/C(=O)c2ccc(OC)c(CC(=O)O)c2)cc1. The number of ketones is 1. The van der Waals surface area contributed by atoms with Crippen LogP contribution in [0.5, 0.6) is 11.5 Å². The Morgan fingerprint density at radius 3 is 2.33 bits per heavy atom. The van der Waals surface area contributed by atoms with Gasteiger partial charge in [-0.25, -0.2) is 0 Å². The van der Waals surface area contributed by atoms with E-state index >= 15 is 0 Å². The molecule has 0 spiro atoms. The lowest BCUT2D eigenvalue weighted by Crippen LogP contribution is -2.04. The number of benzene rings is 2. The predicted molar refractivity (Wildman–Crippen MR) is 90.7 cm³/mol. The number of aliphatic carboxylic acids is 1. The van der Waals surface area contributed by atoms with Gasteiger partial charge in [0.05, 0.1) is 20.6 Å². The maximum absolute atomic E-state index is 12.3. The zero-order valence-corrected chi connectivity index (χ0v) is 13.5. The van der Waals surface area contributed by atoms with E-state index in [-0.39, 0.29) is 12.2 Å². The number of carboxylic acid groups (broad SMARTS) is 1. The molecule has 24 heavy (non-hydrogen) atoms. The van der Waals surface area contributed by atoms with Gasteiger partial charge in [-0.2, -0.15) is 0 Å². The van der Waals surface area contributed by atoms with E-state index in [1.165, 1.54) is 13.2 Å². The molecule has 0 saturated heterocycles. The molecule has 0 aliphatic heterocycles. The van der Waals surface area contributed by atoms with E-state index in [1.54, 1.807) is 31.4 Å². The molecule has 0 aromatic heterocycles. The van der Waals surface area contributed by atoms with E-state index < -0.39 is 5.97 Å². The second kappa shape index (κ2) is 7.97. The molecule has 2 aromatic rings. The van der Waals surface area contributed by atoms with Crippen molar-refractivity contribution in [2.24, 2.45) is 0 Å². The van der Waals surface area contributed by atoms with Crippen LogP contribution in [-0.4, -0.2) is 31.1 Å². The number of allylic oxidation sites excluding steroid dienone is 1. The molecule has 0 aliphatic carbocycles. The Kier molecular flexibility index (Phi) is 5.73. The molecule has 0 fully saturated rings. The number of rotatable bonds is 7. The second-order valence-electron chi connectivity index (χ2n) is 5.07. The zero-order valence-electron chi connectivity index (χ0n) is 13.5. The van der Waals surface area contributed by atoms with Crippen molar-refractivity contribution in [2.45, 2.75) is 6.42 Å². The number of hydrogen-bond acceptors (Lipinski definition) is 4. The van der Waals surface area contributed by atoms with Crippen molar-refractivity contribution in [3.05, 3.63) is 65.2 Å². The van der Waals surface area contributed by atoms with E-state index in [4.69, 9.17) is 14.6 Å². The first kappa shape index (κ1) is 17.3. The van der Waals surface area contributed by atoms with Crippen LogP contribution in [0.4, 0.5) is 0 Å². The molecule has 0 saturated carbocycles. The Balaban J connectivity index is 2.19. The fourth-order valence-corrected chi connectivity index (χ4v) is 2.22. The van der Waals surface area contributed by atoms with Crippen molar-refractivity contribution in [3.63, 3.8) is 0 Å². The van der Waals surface area contributed by atoms with Crippen molar-refractivity contribution in [1.82, 2.24) is 0 Å². The standard InChI is InChI=1S/C19H18O5/c1-23-16-7-3-13(4-8-16)5-9-17(20)14-6-10-18(24-2)15(11-14)12-19(21)22/h3-11H,12H2,1-2H3,(H,21,22)/b9-5+. The Morgan fingerprint density at radius 1 is 1.04 bits per heavy atom. The van der Waals surface area contributed by atoms with Crippen LogP contribution in [-0.2, 0) is 11.2 Å². The van der Waals surface area contributed by atoms with Crippen molar-refractivity contribution in [1.29, 1.82) is 0 Å². The van der Waals surface area contributed by atoms with Crippen LogP contribution in [0.1, 0.15) is 21.5 Å². The smallest absolute Gasteiger partial charge is 0.307 e. The summed E-state index contributed by atoms with van der Waals surface area (Å²) in [5, 5.41) is 8.95. The van der Waals surface area contributed by atoms with Crippen LogP contribution in [0.3, 0.4) is 0 Å². The van der Waals surface area contributed by atoms with Crippen molar-refractivity contribution in [2.75, 3.05) is 14.2 Å². The largest absolute Gasteiger partial charge is 0.497 e. The molecule has 0 atom stereocenters. The van der Waals surface area contributed by atoms with Gasteiger partial charge in [-0.1, -0.05) is 18.2 Å². The average Bonchev–Trinajstić information content (AvgIpc) is 2.59. The summed E-state index contributed by atoms with van der Waals surface area (Å²) >= 11 is 0. The Bertz CT molecular complexity index is 760. The molecule has 0 bridgehead atoms. The molecular weight excluding hydrogens is 308 g/mol. The van der Waals surface area contributed by atoms with Crippen molar-refractivity contribution < 1.29 is 24.2 Å². The van der Waals surface area contributed by atoms with Crippen molar-refractivity contribution in [3.8, 4) is 11.5 Å². The molecule has 1 N–H and O–H groups in total. The van der Waals surface area contributed by atoms with Crippen LogP contribution < -0.4 is 9.47 Å². The molecular formula is C19H18O5. The predicted octanol–water partition coefficient (Wildman–Crippen LogP) is 3.23. The van der Waals surface area contributed by atoms with Gasteiger partial charge in [-0.05, 0) is 42.0 Å². The fourth-order valence-electron chi connectivity index (χ4n) is 2.22. The third kappa shape index (κ3) is 4.46. The van der Waals surface area contributed by atoms with Gasteiger partial charge in [0.1, 0.15) is 11.5 Å². The summed E-state index contributed by atoms with van der Waals surface area (Å²) in [6.45, 7) is 0. The van der Waals surface area contributed by atoms with Crippen LogP contribution in [0.2, 0.25) is 0 Å². The third-order valence-electron chi connectivity index (χ3n) is 3.45. The second-order valence-corrected chi connectivity index (χ2v) is 5.07. The number of ether oxygens (including phenoxy) is 2. The van der Waals surface area contributed by atoms with Gasteiger partial charge in [-0.3, -0.25) is 9.59 Å². The summed E-state index contributed by atoms with van der Waals surface area (Å²) in [5.41, 5.74) is 1.74. The van der Waals surface area contributed by atoms with E-state index in [2.05, 4.69) is 0 Å². The highest BCUT2D eigenvalue weighted by Crippen LogP contribution is 2.21. The fraction of sp³-hybridized carbons (Fsp3) is 0.158. The van der Waals surface area contributed by atoms with Gasteiger partial charge < -0.3 is 14.6 Å². The van der Waals surface area contributed by atoms with Gasteiger partial charge in [0.2, 0.25) is 0 Å². The minimum absolute atomic E-state index is 0.202. The maximum Gasteiger partial charge on any atom is 0.307 e. The van der Waals surface area contributed by atoms with Gasteiger partial charge >= 0.3 is 5.97 Å². The quantitative estimate of drug-likeness (QED) is 0.625. The highest BCUT2D eigenvalue weighted by atomic mass is 16.5. The Labute approximate surface area is 140 Å². The molecule has 0 aliphatic rings. The normalized spacial score (nSPS) is 10.6. The number of methoxy groups -OCH3 is 2. The summed E-state index contributed by atoms with van der Waals surface area (Å²) < 4.78 is 10.2. The molecule has 124 valence electrons. The third-order valence-corrected chi connectivity index (χ3v) is 3.45. The average molecular weight is 326 g/mol. The molecule has 0 heterocycles. The van der Waals surface area contributed by atoms with Crippen LogP contribution in [0.25, 0.3) is 6.08 Å². The highest BCUT2D eigenvalue weighted by Gasteiger charge is 2.11. The minimum Gasteiger partial charge on any atom is -0.497 e. The summed E-state index contributed by atoms with van der Waals surface area (Å²) in [5.74, 6) is 0.00631. The van der Waals surface area contributed by atoms with Gasteiger partial charge in [0.25, 0.3) is 0 Å². The summed E-state index contributed by atoms with van der Waals surface area (Å²) in [6.07, 6.45) is 2.95. The highest BCUT2D eigenvalue weighted by molar-refractivity contribution is 6.07.